The molecule has 2 saturated heterocycles. The molecule has 3 rings (SSSR count). The lowest BCUT2D eigenvalue weighted by Gasteiger charge is -2.32. The van der Waals surface area contributed by atoms with Crippen molar-refractivity contribution >= 4 is 12.7 Å². The van der Waals surface area contributed by atoms with Crippen molar-refractivity contribution in [2.24, 2.45) is 0 Å². The third-order valence-corrected chi connectivity index (χ3v) is 5.28. The van der Waals surface area contributed by atoms with E-state index in [1.807, 2.05) is 27.7 Å². The van der Waals surface area contributed by atoms with Gasteiger partial charge in [0.2, 0.25) is 0 Å². The van der Waals surface area contributed by atoms with Gasteiger partial charge >= 0.3 is 13.3 Å². The fraction of sp³-hybridized carbons (Fsp3) is 0.706. The summed E-state index contributed by atoms with van der Waals surface area (Å²) in [6, 6.07) is 2.78. The van der Waals surface area contributed by atoms with Gasteiger partial charge in [0.05, 0.1) is 23.4 Å². The van der Waals surface area contributed by atoms with E-state index in [1.165, 1.54) is 0 Å². The van der Waals surface area contributed by atoms with Gasteiger partial charge in [-0.3, -0.25) is 4.98 Å². The molecule has 0 amide bonds. The van der Waals surface area contributed by atoms with Crippen LogP contribution in [0.1, 0.15) is 57.7 Å². The van der Waals surface area contributed by atoms with Crippen molar-refractivity contribution in [3.05, 3.63) is 23.4 Å². The largest absolute Gasteiger partial charge is 0.514 e. The van der Waals surface area contributed by atoms with Crippen LogP contribution < -0.4 is 5.59 Å². The summed E-state index contributed by atoms with van der Waals surface area (Å²) in [6.07, 6.45) is -2.89. The highest BCUT2D eigenvalue weighted by molar-refractivity contribution is 6.61. The summed E-state index contributed by atoms with van der Waals surface area (Å²) in [5.41, 5.74) is -1.45. The molecule has 3 heterocycles. The number of ether oxygens (including phenoxy) is 1. The molecule has 0 bridgehead atoms. The number of pyridine rings is 1. The van der Waals surface area contributed by atoms with Crippen LogP contribution in [0.25, 0.3) is 0 Å². The summed E-state index contributed by atoms with van der Waals surface area (Å²) in [5, 5.41) is 0. The van der Waals surface area contributed by atoms with Crippen molar-refractivity contribution in [2.75, 3.05) is 13.2 Å². The van der Waals surface area contributed by atoms with Gasteiger partial charge in [-0.2, -0.15) is 13.2 Å². The number of hydrogen-bond donors (Lipinski definition) is 0. The van der Waals surface area contributed by atoms with E-state index in [0.717, 1.165) is 18.9 Å². The lowest BCUT2D eigenvalue weighted by molar-refractivity contribution is -0.141. The monoisotopic (exact) mass is 357 g/mol. The highest BCUT2D eigenvalue weighted by Gasteiger charge is 2.53. The molecular weight excluding hydrogens is 334 g/mol. The van der Waals surface area contributed by atoms with Gasteiger partial charge in [0.15, 0.2) is 0 Å². The summed E-state index contributed by atoms with van der Waals surface area (Å²) in [7, 11) is -0.921. The van der Waals surface area contributed by atoms with Crippen molar-refractivity contribution in [1.29, 1.82) is 0 Å². The SMILES string of the molecule is CC1(C)OB(c2cc(C3CCCOC3)cc(C(F)(F)F)n2)OC1(C)C. The Balaban J connectivity index is 1.98. The number of nitrogens with zero attached hydrogens (tertiary/aromatic N) is 1. The predicted molar refractivity (Wildman–Crippen MR) is 87.7 cm³/mol. The molecule has 2 aliphatic rings. The Hall–Kier alpha value is -1.12. The van der Waals surface area contributed by atoms with Gasteiger partial charge in [-0.1, -0.05) is 0 Å². The molecule has 1 aromatic heterocycles. The van der Waals surface area contributed by atoms with Crippen LogP contribution in [0.2, 0.25) is 0 Å². The molecule has 1 atom stereocenters. The van der Waals surface area contributed by atoms with Gasteiger partial charge in [-0.25, -0.2) is 0 Å². The Morgan fingerprint density at radius 3 is 2.28 bits per heavy atom. The first-order chi connectivity index (χ1) is 11.5. The minimum absolute atomic E-state index is 0.0703. The van der Waals surface area contributed by atoms with E-state index in [0.29, 0.717) is 18.8 Å². The number of alkyl halides is 3. The zero-order valence-corrected chi connectivity index (χ0v) is 14.9. The number of aromatic nitrogens is 1. The normalized spacial score (nSPS) is 26.0. The van der Waals surface area contributed by atoms with E-state index in [9.17, 15) is 13.2 Å². The second-order valence-corrected chi connectivity index (χ2v) is 7.71. The van der Waals surface area contributed by atoms with Crippen LogP contribution in [0.3, 0.4) is 0 Å². The van der Waals surface area contributed by atoms with Gasteiger partial charge in [0.1, 0.15) is 5.69 Å². The van der Waals surface area contributed by atoms with Crippen LogP contribution in [0.15, 0.2) is 12.1 Å². The average molecular weight is 357 g/mol. The zero-order valence-electron chi connectivity index (χ0n) is 14.9. The molecular formula is C17H23BF3NO3. The van der Waals surface area contributed by atoms with Crippen molar-refractivity contribution in [2.45, 2.75) is 63.8 Å². The summed E-state index contributed by atoms with van der Waals surface area (Å²) in [4.78, 5) is 3.80. The molecule has 138 valence electrons. The van der Waals surface area contributed by atoms with E-state index in [1.54, 1.807) is 6.07 Å². The van der Waals surface area contributed by atoms with E-state index in [-0.39, 0.29) is 11.5 Å². The van der Waals surface area contributed by atoms with Crippen molar-refractivity contribution in [1.82, 2.24) is 4.98 Å². The molecule has 1 aromatic rings. The second kappa shape index (κ2) is 6.25. The Kier molecular flexibility index (Phi) is 4.67. The smallest absolute Gasteiger partial charge is 0.398 e. The van der Waals surface area contributed by atoms with Gasteiger partial charge in [0.25, 0.3) is 0 Å². The van der Waals surface area contributed by atoms with E-state index >= 15 is 0 Å². The first-order valence-electron chi connectivity index (χ1n) is 8.52. The molecule has 0 saturated carbocycles. The molecule has 25 heavy (non-hydrogen) atoms. The van der Waals surface area contributed by atoms with Crippen molar-refractivity contribution in [3.63, 3.8) is 0 Å². The summed E-state index contributed by atoms with van der Waals surface area (Å²) < 4.78 is 57.2. The van der Waals surface area contributed by atoms with Crippen LogP contribution in [-0.4, -0.2) is 36.5 Å². The van der Waals surface area contributed by atoms with E-state index in [2.05, 4.69) is 4.98 Å². The van der Waals surface area contributed by atoms with E-state index < -0.39 is 30.2 Å². The zero-order chi connectivity index (χ0) is 18.5. The lowest BCUT2D eigenvalue weighted by Crippen LogP contribution is -2.41. The molecule has 0 aromatic carbocycles. The highest BCUT2D eigenvalue weighted by atomic mass is 19.4. The molecule has 0 radical (unpaired) electrons. The van der Waals surface area contributed by atoms with Gasteiger partial charge in [0, 0.05) is 12.5 Å². The van der Waals surface area contributed by atoms with Crippen LogP contribution in [-0.2, 0) is 20.2 Å². The minimum Gasteiger partial charge on any atom is -0.398 e. The van der Waals surface area contributed by atoms with Crippen LogP contribution in [0.5, 0.6) is 0 Å². The van der Waals surface area contributed by atoms with Crippen LogP contribution in [0.4, 0.5) is 13.2 Å². The molecule has 2 aliphatic heterocycles. The Bertz CT molecular complexity index is 627. The van der Waals surface area contributed by atoms with Gasteiger partial charge in [-0.15, -0.1) is 0 Å². The van der Waals surface area contributed by atoms with Crippen LogP contribution >= 0.6 is 0 Å². The predicted octanol–water partition coefficient (Wildman–Crippen LogP) is 3.29. The van der Waals surface area contributed by atoms with E-state index in [4.69, 9.17) is 14.0 Å². The fourth-order valence-corrected chi connectivity index (χ4v) is 3.04. The third kappa shape index (κ3) is 3.71. The second-order valence-electron chi connectivity index (χ2n) is 7.71. The van der Waals surface area contributed by atoms with Crippen molar-refractivity contribution < 1.29 is 27.2 Å². The summed E-state index contributed by atoms with van der Waals surface area (Å²) in [5.74, 6) is -0.0703. The minimum atomic E-state index is -4.52. The lowest BCUT2D eigenvalue weighted by atomic mass is 9.81. The molecule has 4 nitrogen and oxygen atoms in total. The molecule has 0 N–H and O–H groups in total. The van der Waals surface area contributed by atoms with Gasteiger partial charge < -0.3 is 14.0 Å². The summed E-state index contributed by atoms with van der Waals surface area (Å²) >= 11 is 0. The van der Waals surface area contributed by atoms with Crippen molar-refractivity contribution in [3.8, 4) is 0 Å². The maximum absolute atomic E-state index is 13.3. The molecule has 2 fully saturated rings. The Morgan fingerprint density at radius 1 is 1.12 bits per heavy atom. The number of rotatable bonds is 2. The number of hydrogen-bond acceptors (Lipinski definition) is 4. The maximum atomic E-state index is 13.3. The maximum Gasteiger partial charge on any atom is 0.514 e. The topological polar surface area (TPSA) is 40.6 Å². The first kappa shape index (κ1) is 18.7. The summed E-state index contributed by atoms with van der Waals surface area (Å²) in [6.45, 7) is 8.50. The first-order valence-corrected chi connectivity index (χ1v) is 8.52. The highest BCUT2D eigenvalue weighted by Crippen LogP contribution is 2.37. The molecule has 0 spiro atoms. The third-order valence-electron chi connectivity index (χ3n) is 5.28. The Labute approximate surface area is 146 Å². The van der Waals surface area contributed by atoms with Crippen LogP contribution in [0, 0.1) is 0 Å². The Morgan fingerprint density at radius 2 is 1.76 bits per heavy atom. The standard InChI is InChI=1S/C17H23BF3NO3/c1-15(2)16(3,4)25-18(24-15)14-9-12(11-6-5-7-23-10-11)8-13(22-14)17(19,20)21/h8-9,11H,5-7,10H2,1-4H3. The molecule has 1 unspecified atom stereocenters. The fourth-order valence-electron chi connectivity index (χ4n) is 3.04. The number of halogens is 3. The van der Waals surface area contributed by atoms with Gasteiger partial charge in [-0.05, 0) is 58.2 Å². The molecule has 8 heteroatoms. The quantitative estimate of drug-likeness (QED) is 0.762. The average Bonchev–Trinajstić information content (AvgIpc) is 2.75. The molecule has 0 aliphatic carbocycles.